The molecule has 1 aliphatic carbocycles. The SMILES string of the molecule is O=C(NC1CCCC1)c1ncccc1C#CCO. The van der Waals surface area contributed by atoms with Crippen molar-refractivity contribution in [3.05, 3.63) is 29.6 Å². The Balaban J connectivity index is 2.13. The molecule has 0 atom stereocenters. The van der Waals surface area contributed by atoms with E-state index in [2.05, 4.69) is 22.1 Å². The summed E-state index contributed by atoms with van der Waals surface area (Å²) in [6, 6.07) is 3.73. The minimum atomic E-state index is -0.224. The molecule has 4 nitrogen and oxygen atoms in total. The number of carbonyl (C=O) groups is 1. The number of nitrogens with zero attached hydrogens (tertiary/aromatic N) is 1. The average Bonchev–Trinajstić information content (AvgIpc) is 2.89. The zero-order chi connectivity index (χ0) is 12.8. The number of hydrogen-bond donors (Lipinski definition) is 2. The summed E-state index contributed by atoms with van der Waals surface area (Å²) in [6.07, 6.45) is 5.99. The normalized spacial score (nSPS) is 14.9. The van der Waals surface area contributed by atoms with Crippen LogP contribution in [0.3, 0.4) is 0 Å². The van der Waals surface area contributed by atoms with Gasteiger partial charge in [-0.05, 0) is 25.0 Å². The van der Waals surface area contributed by atoms with Crippen LogP contribution in [-0.4, -0.2) is 28.6 Å². The van der Waals surface area contributed by atoms with Crippen molar-refractivity contribution in [2.24, 2.45) is 0 Å². The maximum Gasteiger partial charge on any atom is 0.271 e. The second-order valence-electron chi connectivity index (χ2n) is 4.31. The van der Waals surface area contributed by atoms with Gasteiger partial charge in [0.2, 0.25) is 0 Å². The van der Waals surface area contributed by atoms with Gasteiger partial charge in [-0.25, -0.2) is 4.98 Å². The van der Waals surface area contributed by atoms with E-state index in [0.717, 1.165) is 12.8 Å². The van der Waals surface area contributed by atoms with Gasteiger partial charge in [-0.15, -0.1) is 0 Å². The van der Waals surface area contributed by atoms with E-state index in [4.69, 9.17) is 5.11 Å². The molecule has 0 aliphatic heterocycles. The van der Waals surface area contributed by atoms with E-state index in [1.165, 1.54) is 12.8 Å². The number of aliphatic hydroxyl groups is 1. The average molecular weight is 244 g/mol. The predicted molar refractivity (Wildman–Crippen MR) is 67.9 cm³/mol. The number of carbonyl (C=O) groups excluding carboxylic acids is 1. The number of hydrogen-bond acceptors (Lipinski definition) is 3. The molecule has 4 heteroatoms. The maximum atomic E-state index is 12.1. The summed E-state index contributed by atoms with van der Waals surface area (Å²) >= 11 is 0. The van der Waals surface area contributed by atoms with Gasteiger partial charge in [-0.3, -0.25) is 4.79 Å². The molecule has 1 saturated carbocycles. The summed E-state index contributed by atoms with van der Waals surface area (Å²) in [6.45, 7) is -0.224. The molecule has 0 spiro atoms. The van der Waals surface area contributed by atoms with Gasteiger partial charge in [-0.2, -0.15) is 0 Å². The Hall–Kier alpha value is -1.86. The Labute approximate surface area is 106 Å². The number of amides is 1. The number of aliphatic hydroxyl groups excluding tert-OH is 1. The van der Waals surface area contributed by atoms with Gasteiger partial charge in [-0.1, -0.05) is 24.7 Å². The summed E-state index contributed by atoms with van der Waals surface area (Å²) in [5.74, 6) is 5.11. The van der Waals surface area contributed by atoms with Crippen molar-refractivity contribution in [2.45, 2.75) is 31.7 Å². The molecule has 0 radical (unpaired) electrons. The molecule has 2 N–H and O–H groups in total. The predicted octanol–water partition coefficient (Wildman–Crippen LogP) is 1.10. The van der Waals surface area contributed by atoms with Crippen molar-refractivity contribution in [1.29, 1.82) is 0 Å². The third kappa shape index (κ3) is 3.08. The Kier molecular flexibility index (Phi) is 4.32. The third-order valence-corrected chi connectivity index (χ3v) is 3.02. The maximum absolute atomic E-state index is 12.1. The molecular formula is C14H16N2O2. The Morgan fingerprint density at radius 2 is 2.28 bits per heavy atom. The smallest absolute Gasteiger partial charge is 0.271 e. The first-order chi connectivity index (χ1) is 8.81. The summed E-state index contributed by atoms with van der Waals surface area (Å²) in [7, 11) is 0. The highest BCUT2D eigenvalue weighted by Gasteiger charge is 2.19. The Morgan fingerprint density at radius 1 is 1.50 bits per heavy atom. The van der Waals surface area contributed by atoms with Crippen molar-refractivity contribution >= 4 is 5.91 Å². The summed E-state index contributed by atoms with van der Waals surface area (Å²) in [5, 5.41) is 11.7. The molecule has 18 heavy (non-hydrogen) atoms. The van der Waals surface area contributed by atoms with Crippen LogP contribution in [0.1, 0.15) is 41.7 Å². The third-order valence-electron chi connectivity index (χ3n) is 3.02. The molecule has 1 fully saturated rings. The van der Waals surface area contributed by atoms with Crippen LogP contribution in [0, 0.1) is 11.8 Å². The molecule has 0 bridgehead atoms. The van der Waals surface area contributed by atoms with Crippen LogP contribution in [0.25, 0.3) is 0 Å². The molecule has 0 aromatic carbocycles. The van der Waals surface area contributed by atoms with Crippen molar-refractivity contribution in [3.8, 4) is 11.8 Å². The van der Waals surface area contributed by atoms with Gasteiger partial charge in [0.05, 0.1) is 5.56 Å². The molecular weight excluding hydrogens is 228 g/mol. The fourth-order valence-corrected chi connectivity index (χ4v) is 2.15. The van der Waals surface area contributed by atoms with Gasteiger partial charge >= 0.3 is 0 Å². The Bertz CT molecular complexity index is 482. The topological polar surface area (TPSA) is 62.2 Å². The molecule has 94 valence electrons. The van der Waals surface area contributed by atoms with Crippen LogP contribution in [0.2, 0.25) is 0 Å². The van der Waals surface area contributed by atoms with Crippen LogP contribution < -0.4 is 5.32 Å². The molecule has 1 heterocycles. The molecule has 1 aromatic rings. The van der Waals surface area contributed by atoms with E-state index >= 15 is 0 Å². The molecule has 1 aliphatic rings. The first kappa shape index (κ1) is 12.6. The minimum Gasteiger partial charge on any atom is -0.384 e. The fourth-order valence-electron chi connectivity index (χ4n) is 2.15. The number of aromatic nitrogens is 1. The van der Waals surface area contributed by atoms with Gasteiger partial charge in [0.15, 0.2) is 0 Å². The van der Waals surface area contributed by atoms with Gasteiger partial charge in [0.1, 0.15) is 12.3 Å². The second kappa shape index (κ2) is 6.18. The summed E-state index contributed by atoms with van der Waals surface area (Å²) in [5.41, 5.74) is 0.896. The summed E-state index contributed by atoms with van der Waals surface area (Å²) < 4.78 is 0. The number of nitrogens with one attached hydrogen (secondary N) is 1. The van der Waals surface area contributed by atoms with Gasteiger partial charge in [0, 0.05) is 12.2 Å². The van der Waals surface area contributed by atoms with Crippen molar-refractivity contribution < 1.29 is 9.90 Å². The van der Waals surface area contributed by atoms with E-state index in [0.29, 0.717) is 11.3 Å². The lowest BCUT2D eigenvalue weighted by atomic mass is 10.1. The van der Waals surface area contributed by atoms with Crippen LogP contribution in [0.4, 0.5) is 0 Å². The zero-order valence-corrected chi connectivity index (χ0v) is 10.1. The van der Waals surface area contributed by atoms with Crippen LogP contribution in [0.5, 0.6) is 0 Å². The van der Waals surface area contributed by atoms with E-state index < -0.39 is 0 Å². The van der Waals surface area contributed by atoms with Crippen molar-refractivity contribution in [2.75, 3.05) is 6.61 Å². The van der Waals surface area contributed by atoms with Gasteiger partial charge in [0.25, 0.3) is 5.91 Å². The van der Waals surface area contributed by atoms with Crippen molar-refractivity contribution in [3.63, 3.8) is 0 Å². The molecule has 1 amide bonds. The number of pyridine rings is 1. The highest BCUT2D eigenvalue weighted by molar-refractivity contribution is 5.94. The van der Waals surface area contributed by atoms with E-state index in [-0.39, 0.29) is 18.6 Å². The molecule has 0 saturated heterocycles. The van der Waals surface area contributed by atoms with E-state index in [9.17, 15) is 4.79 Å². The zero-order valence-electron chi connectivity index (χ0n) is 10.1. The lowest BCUT2D eigenvalue weighted by molar-refractivity contribution is 0.0932. The molecule has 2 rings (SSSR count). The largest absolute Gasteiger partial charge is 0.384 e. The van der Waals surface area contributed by atoms with Crippen molar-refractivity contribution in [1.82, 2.24) is 10.3 Å². The first-order valence-electron chi connectivity index (χ1n) is 6.17. The van der Waals surface area contributed by atoms with Gasteiger partial charge < -0.3 is 10.4 Å². The number of rotatable bonds is 2. The standard InChI is InChI=1S/C14H16N2O2/c17-10-4-6-11-5-3-9-15-13(11)14(18)16-12-7-1-2-8-12/h3,5,9,12,17H,1-2,7-8,10H2,(H,16,18). The van der Waals surface area contributed by atoms with E-state index in [1.54, 1.807) is 18.3 Å². The molecule has 0 unspecified atom stereocenters. The quantitative estimate of drug-likeness (QED) is 0.766. The van der Waals surface area contributed by atoms with Crippen LogP contribution in [-0.2, 0) is 0 Å². The lowest BCUT2D eigenvalue weighted by Gasteiger charge is -2.11. The molecule has 1 aromatic heterocycles. The summed E-state index contributed by atoms with van der Waals surface area (Å²) in [4.78, 5) is 16.2. The van der Waals surface area contributed by atoms with Crippen LogP contribution >= 0.6 is 0 Å². The first-order valence-corrected chi connectivity index (χ1v) is 6.17. The van der Waals surface area contributed by atoms with E-state index in [1.807, 2.05) is 0 Å². The second-order valence-corrected chi connectivity index (χ2v) is 4.31. The minimum absolute atomic E-state index is 0.176. The monoisotopic (exact) mass is 244 g/mol. The Morgan fingerprint density at radius 3 is 3.00 bits per heavy atom. The van der Waals surface area contributed by atoms with Crippen LogP contribution in [0.15, 0.2) is 18.3 Å². The lowest BCUT2D eigenvalue weighted by Crippen LogP contribution is -2.33. The highest BCUT2D eigenvalue weighted by atomic mass is 16.2. The highest BCUT2D eigenvalue weighted by Crippen LogP contribution is 2.18. The fraction of sp³-hybridized carbons (Fsp3) is 0.429.